The summed E-state index contributed by atoms with van der Waals surface area (Å²) in [6, 6.07) is 10.3. The highest BCUT2D eigenvalue weighted by atomic mass is 19.1. The van der Waals surface area contributed by atoms with Gasteiger partial charge in [0, 0.05) is 17.8 Å². The van der Waals surface area contributed by atoms with Crippen molar-refractivity contribution in [3.8, 4) is 0 Å². The monoisotopic (exact) mass is 284 g/mol. The van der Waals surface area contributed by atoms with E-state index in [9.17, 15) is 9.18 Å². The molecule has 0 bridgehead atoms. The van der Waals surface area contributed by atoms with E-state index >= 15 is 0 Å². The number of nitrogens with two attached hydrogens (primary N) is 1. The molecular formula is C17H17FN2O. The first kappa shape index (κ1) is 13.6. The summed E-state index contributed by atoms with van der Waals surface area (Å²) in [6.07, 6.45) is 1.89. The maximum absolute atomic E-state index is 13.6. The maximum atomic E-state index is 13.6. The minimum Gasteiger partial charge on any atom is -0.396 e. The highest BCUT2D eigenvalue weighted by Gasteiger charge is 2.24. The quantitative estimate of drug-likeness (QED) is 0.817. The molecule has 2 aromatic rings. The van der Waals surface area contributed by atoms with E-state index in [0.29, 0.717) is 12.1 Å². The van der Waals surface area contributed by atoms with Crippen molar-refractivity contribution in [2.75, 3.05) is 17.2 Å². The highest BCUT2D eigenvalue weighted by molar-refractivity contribution is 6.06. The molecule has 0 fully saturated rings. The van der Waals surface area contributed by atoms with E-state index in [-0.39, 0.29) is 11.6 Å². The average molecular weight is 284 g/mol. The van der Waals surface area contributed by atoms with Crippen LogP contribution in [0, 0.1) is 12.7 Å². The molecule has 3 rings (SSSR count). The number of anilines is 2. The van der Waals surface area contributed by atoms with Gasteiger partial charge < -0.3 is 10.6 Å². The molecule has 1 heterocycles. The Morgan fingerprint density at radius 3 is 2.81 bits per heavy atom. The van der Waals surface area contributed by atoms with Crippen molar-refractivity contribution >= 4 is 17.3 Å². The fraction of sp³-hybridized carbons (Fsp3) is 0.235. The molecule has 1 amide bonds. The molecule has 0 saturated carbocycles. The largest absolute Gasteiger partial charge is 0.396 e. The van der Waals surface area contributed by atoms with E-state index in [1.807, 2.05) is 19.1 Å². The average Bonchev–Trinajstić information content (AvgIpc) is 2.48. The molecule has 0 unspecified atom stereocenters. The van der Waals surface area contributed by atoms with Crippen molar-refractivity contribution in [2.45, 2.75) is 19.8 Å². The number of amides is 1. The molecule has 0 spiro atoms. The van der Waals surface area contributed by atoms with Gasteiger partial charge in [0.1, 0.15) is 5.82 Å². The van der Waals surface area contributed by atoms with Crippen LogP contribution in [-0.2, 0) is 6.42 Å². The third-order valence-electron chi connectivity index (χ3n) is 3.85. The van der Waals surface area contributed by atoms with Crippen LogP contribution in [0.1, 0.15) is 27.9 Å². The normalized spacial score (nSPS) is 13.9. The zero-order valence-corrected chi connectivity index (χ0v) is 11.9. The topological polar surface area (TPSA) is 46.3 Å². The third-order valence-corrected chi connectivity index (χ3v) is 3.85. The Labute approximate surface area is 123 Å². The summed E-state index contributed by atoms with van der Waals surface area (Å²) in [4.78, 5) is 14.4. The molecule has 0 radical (unpaired) electrons. The summed E-state index contributed by atoms with van der Waals surface area (Å²) < 4.78 is 13.6. The molecule has 3 nitrogen and oxygen atoms in total. The number of aryl methyl sites for hydroxylation is 2. The summed E-state index contributed by atoms with van der Waals surface area (Å²) in [6.45, 7) is 2.69. The molecule has 2 aromatic carbocycles. The van der Waals surface area contributed by atoms with Crippen LogP contribution in [0.2, 0.25) is 0 Å². The lowest BCUT2D eigenvalue weighted by atomic mass is 9.99. The van der Waals surface area contributed by atoms with Gasteiger partial charge in [-0.25, -0.2) is 4.39 Å². The number of nitrogens with zero attached hydrogens (tertiary/aromatic N) is 1. The van der Waals surface area contributed by atoms with Gasteiger partial charge >= 0.3 is 0 Å². The molecule has 1 aliphatic rings. The molecule has 21 heavy (non-hydrogen) atoms. The van der Waals surface area contributed by atoms with Crippen LogP contribution in [0.25, 0.3) is 0 Å². The van der Waals surface area contributed by atoms with Crippen molar-refractivity contribution < 1.29 is 9.18 Å². The maximum Gasteiger partial charge on any atom is 0.258 e. The van der Waals surface area contributed by atoms with Gasteiger partial charge in [-0.1, -0.05) is 17.7 Å². The summed E-state index contributed by atoms with van der Waals surface area (Å²) in [5.41, 5.74) is 9.12. The lowest BCUT2D eigenvalue weighted by molar-refractivity contribution is 0.0984. The number of carbonyl (C=O) groups excluding carboxylic acids is 1. The number of carbonyl (C=O) groups is 1. The lowest BCUT2D eigenvalue weighted by Crippen LogP contribution is -2.35. The van der Waals surface area contributed by atoms with Gasteiger partial charge in [0.2, 0.25) is 0 Å². The summed E-state index contributed by atoms with van der Waals surface area (Å²) in [7, 11) is 0. The molecule has 108 valence electrons. The SMILES string of the molecule is Cc1ccc2c(c1)CCCN2C(=O)c1ccc(N)c(F)c1. The summed E-state index contributed by atoms with van der Waals surface area (Å²) in [5.74, 6) is -0.735. The molecule has 1 aliphatic heterocycles. The molecular weight excluding hydrogens is 267 g/mol. The summed E-state index contributed by atoms with van der Waals surface area (Å²) in [5, 5.41) is 0. The first-order valence-electron chi connectivity index (χ1n) is 7.02. The number of fused-ring (bicyclic) bond motifs is 1. The molecule has 0 aliphatic carbocycles. The Morgan fingerprint density at radius 1 is 1.24 bits per heavy atom. The standard InChI is InChI=1S/C17H17FN2O/c1-11-4-7-16-12(9-11)3-2-8-20(16)17(21)13-5-6-15(19)14(18)10-13/h4-7,9-10H,2-3,8,19H2,1H3. The number of rotatable bonds is 1. The van der Waals surface area contributed by atoms with E-state index in [1.165, 1.54) is 23.3 Å². The number of hydrogen-bond donors (Lipinski definition) is 1. The Morgan fingerprint density at radius 2 is 2.05 bits per heavy atom. The van der Waals surface area contributed by atoms with E-state index in [0.717, 1.165) is 18.5 Å². The number of nitrogen functional groups attached to an aromatic ring is 1. The number of halogens is 1. The second-order valence-electron chi connectivity index (χ2n) is 5.43. The van der Waals surface area contributed by atoms with Gasteiger partial charge in [0.15, 0.2) is 0 Å². The minimum absolute atomic E-state index is 0.0567. The second-order valence-corrected chi connectivity index (χ2v) is 5.43. The predicted octanol–water partition coefficient (Wildman–Crippen LogP) is 3.31. The number of benzene rings is 2. The second kappa shape index (κ2) is 5.20. The highest BCUT2D eigenvalue weighted by Crippen LogP contribution is 2.29. The lowest BCUT2D eigenvalue weighted by Gasteiger charge is -2.30. The van der Waals surface area contributed by atoms with E-state index in [4.69, 9.17) is 5.73 Å². The van der Waals surface area contributed by atoms with Gasteiger partial charge in [-0.15, -0.1) is 0 Å². The van der Waals surface area contributed by atoms with Crippen molar-refractivity contribution in [2.24, 2.45) is 0 Å². The Hall–Kier alpha value is -2.36. The van der Waals surface area contributed by atoms with Gasteiger partial charge in [0.05, 0.1) is 5.69 Å². The first-order valence-corrected chi connectivity index (χ1v) is 7.02. The van der Waals surface area contributed by atoms with E-state index in [1.54, 1.807) is 11.0 Å². The van der Waals surface area contributed by atoms with Crippen LogP contribution in [0.15, 0.2) is 36.4 Å². The Balaban J connectivity index is 1.98. The van der Waals surface area contributed by atoms with Gasteiger partial charge in [-0.05, 0) is 49.6 Å². The van der Waals surface area contributed by atoms with Crippen molar-refractivity contribution in [3.05, 3.63) is 58.9 Å². The van der Waals surface area contributed by atoms with Crippen LogP contribution < -0.4 is 10.6 Å². The van der Waals surface area contributed by atoms with Gasteiger partial charge in [0.25, 0.3) is 5.91 Å². The fourth-order valence-corrected chi connectivity index (χ4v) is 2.75. The van der Waals surface area contributed by atoms with Crippen molar-refractivity contribution in [1.29, 1.82) is 0 Å². The smallest absolute Gasteiger partial charge is 0.258 e. The number of hydrogen-bond acceptors (Lipinski definition) is 2. The van der Waals surface area contributed by atoms with Crippen LogP contribution in [-0.4, -0.2) is 12.5 Å². The minimum atomic E-state index is -0.554. The van der Waals surface area contributed by atoms with Crippen LogP contribution in [0.4, 0.5) is 15.8 Å². The Bertz CT molecular complexity index is 712. The van der Waals surface area contributed by atoms with Crippen LogP contribution >= 0.6 is 0 Å². The molecule has 0 aromatic heterocycles. The summed E-state index contributed by atoms with van der Waals surface area (Å²) >= 11 is 0. The van der Waals surface area contributed by atoms with Crippen LogP contribution in [0.3, 0.4) is 0 Å². The fourth-order valence-electron chi connectivity index (χ4n) is 2.75. The zero-order chi connectivity index (χ0) is 15.0. The van der Waals surface area contributed by atoms with Crippen LogP contribution in [0.5, 0.6) is 0 Å². The first-order chi connectivity index (χ1) is 10.1. The molecule has 2 N–H and O–H groups in total. The van der Waals surface area contributed by atoms with E-state index < -0.39 is 5.82 Å². The molecule has 0 atom stereocenters. The van der Waals surface area contributed by atoms with Gasteiger partial charge in [-0.2, -0.15) is 0 Å². The van der Waals surface area contributed by atoms with E-state index in [2.05, 4.69) is 6.07 Å². The molecule has 4 heteroatoms. The zero-order valence-electron chi connectivity index (χ0n) is 11.9. The Kier molecular flexibility index (Phi) is 3.37. The van der Waals surface area contributed by atoms with Crippen molar-refractivity contribution in [1.82, 2.24) is 0 Å². The van der Waals surface area contributed by atoms with Gasteiger partial charge in [-0.3, -0.25) is 4.79 Å². The third kappa shape index (κ3) is 2.49. The molecule has 0 saturated heterocycles. The van der Waals surface area contributed by atoms with Crippen molar-refractivity contribution in [3.63, 3.8) is 0 Å². The predicted molar refractivity (Wildman–Crippen MR) is 82.0 cm³/mol.